The summed E-state index contributed by atoms with van der Waals surface area (Å²) < 4.78 is 32.8. The Kier molecular flexibility index (Phi) is 3.50. The molecule has 0 aliphatic heterocycles. The molecule has 0 spiro atoms. The summed E-state index contributed by atoms with van der Waals surface area (Å²) in [6, 6.07) is 9.36. The molecular formula is C12H10N2O3S. The third-order valence-corrected chi connectivity index (χ3v) is 2.53. The van der Waals surface area contributed by atoms with E-state index in [1.54, 1.807) is 12.2 Å². The van der Waals surface area contributed by atoms with Crippen LogP contribution in [0.25, 0.3) is 0 Å². The van der Waals surface area contributed by atoms with Crippen molar-refractivity contribution in [3.05, 3.63) is 54.6 Å². The standard InChI is InChI=1S/C12H10N2O3S/c15-18(16,17)14-12-8-6-11(7-9-12)13-10-4-2-1-3-5-10/h1-9H,(H,15,16,17). The molecule has 0 bridgehead atoms. The van der Waals surface area contributed by atoms with Crippen LogP contribution in [0.4, 0.5) is 5.69 Å². The number of aliphatic imine (C=N–C) groups is 1. The second-order valence-electron chi connectivity index (χ2n) is 3.50. The SMILES string of the molecule is O=S(=O)(O)N=C1C=CC(=Nc2ccccc2)C=C1. The molecule has 0 saturated carbocycles. The van der Waals surface area contributed by atoms with Gasteiger partial charge in [0.1, 0.15) is 0 Å². The van der Waals surface area contributed by atoms with Gasteiger partial charge >= 0.3 is 10.3 Å². The van der Waals surface area contributed by atoms with Crippen LogP contribution in [0.2, 0.25) is 0 Å². The van der Waals surface area contributed by atoms with Crippen molar-refractivity contribution in [3.63, 3.8) is 0 Å². The van der Waals surface area contributed by atoms with Gasteiger partial charge in [0.15, 0.2) is 0 Å². The Morgan fingerprint density at radius 1 is 0.889 bits per heavy atom. The largest absolute Gasteiger partial charge is 0.378 e. The van der Waals surface area contributed by atoms with Crippen LogP contribution in [0.15, 0.2) is 64.0 Å². The van der Waals surface area contributed by atoms with Gasteiger partial charge < -0.3 is 0 Å². The van der Waals surface area contributed by atoms with Gasteiger partial charge in [0.25, 0.3) is 0 Å². The van der Waals surface area contributed by atoms with E-state index in [0.717, 1.165) is 5.69 Å². The van der Waals surface area contributed by atoms with Crippen molar-refractivity contribution in [2.45, 2.75) is 0 Å². The minimum absolute atomic E-state index is 0.157. The summed E-state index contributed by atoms with van der Waals surface area (Å²) in [6.45, 7) is 0. The van der Waals surface area contributed by atoms with Crippen molar-refractivity contribution in [2.24, 2.45) is 9.39 Å². The fourth-order valence-electron chi connectivity index (χ4n) is 1.37. The Morgan fingerprint density at radius 2 is 1.44 bits per heavy atom. The molecule has 1 aliphatic carbocycles. The molecule has 1 aromatic rings. The van der Waals surface area contributed by atoms with Gasteiger partial charge in [-0.05, 0) is 36.4 Å². The monoisotopic (exact) mass is 262 g/mol. The second-order valence-corrected chi connectivity index (χ2v) is 4.58. The summed E-state index contributed by atoms with van der Waals surface area (Å²) in [6.07, 6.45) is 6.18. The molecule has 0 aromatic heterocycles. The highest BCUT2D eigenvalue weighted by Crippen LogP contribution is 2.12. The van der Waals surface area contributed by atoms with Crippen molar-refractivity contribution in [3.8, 4) is 0 Å². The lowest BCUT2D eigenvalue weighted by atomic mass is 10.1. The van der Waals surface area contributed by atoms with E-state index >= 15 is 0 Å². The molecule has 6 heteroatoms. The summed E-state index contributed by atoms with van der Waals surface area (Å²) in [5, 5.41) is 0. The molecule has 1 N–H and O–H groups in total. The molecule has 18 heavy (non-hydrogen) atoms. The van der Waals surface area contributed by atoms with E-state index in [4.69, 9.17) is 4.55 Å². The summed E-state index contributed by atoms with van der Waals surface area (Å²) in [5.41, 5.74) is 1.64. The number of hydrogen-bond acceptors (Lipinski definition) is 3. The van der Waals surface area contributed by atoms with Crippen LogP contribution in [-0.2, 0) is 10.3 Å². The highest BCUT2D eigenvalue weighted by atomic mass is 32.2. The molecule has 5 nitrogen and oxygen atoms in total. The molecule has 0 heterocycles. The summed E-state index contributed by atoms with van der Waals surface area (Å²) in [4.78, 5) is 4.33. The van der Waals surface area contributed by atoms with E-state index in [2.05, 4.69) is 9.39 Å². The fourth-order valence-corrected chi connectivity index (χ4v) is 1.76. The maximum Gasteiger partial charge on any atom is 0.378 e. The first-order chi connectivity index (χ1) is 8.53. The number of para-hydroxylation sites is 1. The minimum atomic E-state index is -4.35. The van der Waals surface area contributed by atoms with Gasteiger partial charge in [0.2, 0.25) is 0 Å². The zero-order chi connectivity index (χ0) is 13.0. The van der Waals surface area contributed by atoms with E-state index in [1.165, 1.54) is 12.2 Å². The molecule has 0 amide bonds. The molecule has 1 aliphatic rings. The van der Waals surface area contributed by atoms with Crippen LogP contribution in [0.5, 0.6) is 0 Å². The molecule has 0 fully saturated rings. The highest BCUT2D eigenvalue weighted by molar-refractivity contribution is 7.84. The third-order valence-electron chi connectivity index (χ3n) is 2.08. The van der Waals surface area contributed by atoms with Gasteiger partial charge in [-0.2, -0.15) is 8.42 Å². The predicted molar refractivity (Wildman–Crippen MR) is 70.8 cm³/mol. The minimum Gasteiger partial charge on any atom is -0.268 e. The molecule has 0 saturated heterocycles. The van der Waals surface area contributed by atoms with Gasteiger partial charge in [-0.1, -0.05) is 18.2 Å². The topological polar surface area (TPSA) is 79.1 Å². The van der Waals surface area contributed by atoms with Crippen LogP contribution >= 0.6 is 0 Å². The van der Waals surface area contributed by atoms with Gasteiger partial charge in [-0.15, -0.1) is 4.40 Å². The lowest BCUT2D eigenvalue weighted by Crippen LogP contribution is -2.03. The van der Waals surface area contributed by atoms with E-state index < -0.39 is 10.3 Å². The van der Waals surface area contributed by atoms with Crippen LogP contribution in [0, 0.1) is 0 Å². The van der Waals surface area contributed by atoms with Gasteiger partial charge in [0, 0.05) is 0 Å². The van der Waals surface area contributed by atoms with Crippen LogP contribution in [0.3, 0.4) is 0 Å². The smallest absolute Gasteiger partial charge is 0.268 e. The van der Waals surface area contributed by atoms with Crippen LogP contribution in [-0.4, -0.2) is 24.4 Å². The Balaban J connectivity index is 2.20. The molecule has 1 aromatic carbocycles. The maximum atomic E-state index is 10.5. The quantitative estimate of drug-likeness (QED) is 0.655. The molecule has 92 valence electrons. The zero-order valence-corrected chi connectivity index (χ0v) is 10.1. The van der Waals surface area contributed by atoms with Crippen molar-refractivity contribution < 1.29 is 13.0 Å². The fraction of sp³-hybridized carbons (Fsp3) is 0. The zero-order valence-electron chi connectivity index (χ0n) is 9.26. The summed E-state index contributed by atoms with van der Waals surface area (Å²) >= 11 is 0. The second kappa shape index (κ2) is 5.07. The number of allylic oxidation sites excluding steroid dienone is 4. The summed E-state index contributed by atoms with van der Waals surface area (Å²) in [7, 11) is -4.35. The van der Waals surface area contributed by atoms with Crippen molar-refractivity contribution in [2.75, 3.05) is 0 Å². The molecule has 0 atom stereocenters. The van der Waals surface area contributed by atoms with Gasteiger partial charge in [-0.25, -0.2) is 4.99 Å². The third kappa shape index (κ3) is 3.76. The van der Waals surface area contributed by atoms with E-state index in [0.29, 0.717) is 5.71 Å². The van der Waals surface area contributed by atoms with Crippen molar-refractivity contribution in [1.82, 2.24) is 0 Å². The average Bonchev–Trinajstić information content (AvgIpc) is 2.31. The molecular weight excluding hydrogens is 252 g/mol. The Hall–Kier alpha value is -2.05. The van der Waals surface area contributed by atoms with E-state index in [9.17, 15) is 8.42 Å². The van der Waals surface area contributed by atoms with Crippen LogP contribution < -0.4 is 0 Å². The van der Waals surface area contributed by atoms with Crippen LogP contribution in [0.1, 0.15) is 0 Å². The molecule has 0 radical (unpaired) electrons. The first-order valence-corrected chi connectivity index (χ1v) is 6.50. The Bertz CT molecular complexity index is 638. The van der Waals surface area contributed by atoms with Gasteiger partial charge in [-0.3, -0.25) is 4.55 Å². The first-order valence-electron chi connectivity index (χ1n) is 5.10. The maximum absolute atomic E-state index is 10.5. The predicted octanol–water partition coefficient (Wildman–Crippen LogP) is 2.13. The Labute approximate surface area is 105 Å². The van der Waals surface area contributed by atoms with E-state index in [-0.39, 0.29) is 5.71 Å². The number of benzene rings is 1. The lowest BCUT2D eigenvalue weighted by molar-refractivity contribution is 0.485. The summed E-state index contributed by atoms with van der Waals surface area (Å²) in [5.74, 6) is 0. The average molecular weight is 262 g/mol. The van der Waals surface area contributed by atoms with Crippen molar-refractivity contribution in [1.29, 1.82) is 0 Å². The lowest BCUT2D eigenvalue weighted by Gasteiger charge is -2.01. The van der Waals surface area contributed by atoms with Crippen molar-refractivity contribution >= 4 is 27.4 Å². The number of rotatable bonds is 2. The van der Waals surface area contributed by atoms with E-state index in [1.807, 2.05) is 30.3 Å². The Morgan fingerprint density at radius 3 is 2.00 bits per heavy atom. The number of nitrogens with zero attached hydrogens (tertiary/aromatic N) is 2. The normalized spacial score (nSPS) is 14.7. The number of hydrogen-bond donors (Lipinski definition) is 1. The highest BCUT2D eigenvalue weighted by Gasteiger charge is 2.04. The molecule has 2 rings (SSSR count). The first kappa shape index (κ1) is 12.4. The molecule has 0 unspecified atom stereocenters. The van der Waals surface area contributed by atoms with Gasteiger partial charge in [0.05, 0.1) is 17.1 Å².